The third-order valence-corrected chi connectivity index (χ3v) is 4.81. The molecule has 2 unspecified atom stereocenters. The summed E-state index contributed by atoms with van der Waals surface area (Å²) in [6.07, 6.45) is 9.87. The van der Waals surface area contributed by atoms with E-state index in [0.29, 0.717) is 17.9 Å². The number of Topliss-reactive ketones (excluding diaryl/α,β-unsaturated/α-hetero) is 1. The van der Waals surface area contributed by atoms with Crippen LogP contribution >= 0.6 is 0 Å². The number of rotatable bonds is 2. The van der Waals surface area contributed by atoms with Crippen molar-refractivity contribution in [2.75, 3.05) is 7.05 Å². The molecule has 2 aliphatic rings. The lowest BCUT2D eigenvalue weighted by Gasteiger charge is -2.35. The van der Waals surface area contributed by atoms with E-state index in [2.05, 4.69) is 17.9 Å². The van der Waals surface area contributed by atoms with Crippen molar-refractivity contribution in [1.82, 2.24) is 4.90 Å². The molecule has 2 nitrogen and oxygen atoms in total. The number of hydrogen-bond donors (Lipinski definition) is 0. The second-order valence-electron chi connectivity index (χ2n) is 5.80. The molecule has 98 valence electrons. The summed E-state index contributed by atoms with van der Waals surface area (Å²) >= 11 is 0. The topological polar surface area (TPSA) is 20.3 Å². The summed E-state index contributed by atoms with van der Waals surface area (Å²) in [4.78, 5) is 15.0. The molecule has 0 aromatic heterocycles. The zero-order valence-corrected chi connectivity index (χ0v) is 11.3. The van der Waals surface area contributed by atoms with E-state index in [-0.39, 0.29) is 5.92 Å². The number of terminal acetylenes is 1. The monoisotopic (exact) mass is 253 g/mol. The molecule has 19 heavy (non-hydrogen) atoms. The minimum absolute atomic E-state index is 0.199. The van der Waals surface area contributed by atoms with Gasteiger partial charge in [0, 0.05) is 29.1 Å². The van der Waals surface area contributed by atoms with E-state index < -0.39 is 0 Å². The van der Waals surface area contributed by atoms with Gasteiger partial charge in [0.1, 0.15) is 0 Å². The zero-order chi connectivity index (χ0) is 13.4. The van der Waals surface area contributed by atoms with Gasteiger partial charge < -0.3 is 4.90 Å². The molecule has 0 radical (unpaired) electrons. The Labute approximate surface area is 114 Å². The van der Waals surface area contributed by atoms with E-state index in [1.54, 1.807) is 0 Å². The molecule has 0 N–H and O–H groups in total. The van der Waals surface area contributed by atoms with Gasteiger partial charge in [0.15, 0.2) is 5.78 Å². The van der Waals surface area contributed by atoms with E-state index in [1.165, 1.54) is 12.8 Å². The molecular weight excluding hydrogens is 234 g/mol. The first-order valence-electron chi connectivity index (χ1n) is 7.02. The highest BCUT2D eigenvalue weighted by Crippen LogP contribution is 2.38. The second kappa shape index (κ2) is 4.83. The maximum Gasteiger partial charge on any atom is 0.166 e. The first-order valence-corrected chi connectivity index (χ1v) is 7.02. The number of ketones is 1. The quantitative estimate of drug-likeness (QED) is 0.596. The van der Waals surface area contributed by atoms with Gasteiger partial charge in [-0.1, -0.05) is 18.1 Å². The molecule has 2 bridgehead atoms. The predicted octanol–water partition coefficient (Wildman–Crippen LogP) is 2.72. The van der Waals surface area contributed by atoms with Crippen LogP contribution in [0.1, 0.15) is 41.6 Å². The molecule has 2 fully saturated rings. The van der Waals surface area contributed by atoms with Crippen molar-refractivity contribution in [2.45, 2.75) is 37.8 Å². The molecule has 2 saturated heterocycles. The van der Waals surface area contributed by atoms with Crippen molar-refractivity contribution in [3.63, 3.8) is 0 Å². The lowest BCUT2D eigenvalue weighted by Crippen LogP contribution is -2.42. The Morgan fingerprint density at radius 3 is 2.32 bits per heavy atom. The van der Waals surface area contributed by atoms with Crippen LogP contribution in [0.25, 0.3) is 0 Å². The highest BCUT2D eigenvalue weighted by molar-refractivity contribution is 5.98. The number of benzene rings is 1. The maximum absolute atomic E-state index is 12.6. The largest absolute Gasteiger partial charge is 0.300 e. The summed E-state index contributed by atoms with van der Waals surface area (Å²) in [6, 6.07) is 8.68. The van der Waals surface area contributed by atoms with Crippen LogP contribution in [-0.4, -0.2) is 29.8 Å². The van der Waals surface area contributed by atoms with Crippen LogP contribution in [0.15, 0.2) is 24.3 Å². The average Bonchev–Trinajstić information content (AvgIpc) is 2.68. The number of nitrogens with zero attached hydrogens (tertiary/aromatic N) is 1. The van der Waals surface area contributed by atoms with E-state index in [0.717, 1.165) is 24.0 Å². The van der Waals surface area contributed by atoms with Crippen LogP contribution < -0.4 is 0 Å². The molecule has 2 heterocycles. The van der Waals surface area contributed by atoms with E-state index in [1.807, 2.05) is 24.3 Å². The maximum atomic E-state index is 12.6. The van der Waals surface area contributed by atoms with Gasteiger partial charge >= 0.3 is 0 Å². The number of hydrogen-bond acceptors (Lipinski definition) is 2. The Bertz CT molecular complexity index is 511. The molecule has 2 heteroatoms. The fourth-order valence-electron chi connectivity index (χ4n) is 3.59. The molecule has 0 saturated carbocycles. The van der Waals surface area contributed by atoms with E-state index >= 15 is 0 Å². The number of carbonyl (C=O) groups excluding carboxylic acids is 1. The minimum atomic E-state index is 0.199. The molecule has 2 aliphatic heterocycles. The number of piperidine rings is 1. The average molecular weight is 253 g/mol. The lowest BCUT2D eigenvalue weighted by molar-refractivity contribution is 0.0767. The van der Waals surface area contributed by atoms with Crippen molar-refractivity contribution in [1.29, 1.82) is 0 Å². The van der Waals surface area contributed by atoms with Crippen LogP contribution in [-0.2, 0) is 0 Å². The van der Waals surface area contributed by atoms with Gasteiger partial charge in [-0.25, -0.2) is 0 Å². The number of fused-ring (bicyclic) bond motifs is 2. The molecule has 2 atom stereocenters. The highest BCUT2D eigenvalue weighted by atomic mass is 16.1. The molecular formula is C17H19NO. The third-order valence-electron chi connectivity index (χ3n) is 4.81. The van der Waals surface area contributed by atoms with Crippen molar-refractivity contribution in [3.05, 3.63) is 35.4 Å². The highest BCUT2D eigenvalue weighted by Gasteiger charge is 2.40. The summed E-state index contributed by atoms with van der Waals surface area (Å²) in [5.74, 6) is 3.08. The molecule has 0 spiro atoms. The van der Waals surface area contributed by atoms with Gasteiger partial charge in [-0.3, -0.25) is 4.79 Å². The molecule has 1 aromatic carbocycles. The molecule has 0 amide bonds. The predicted molar refractivity (Wildman–Crippen MR) is 76.0 cm³/mol. The number of carbonyl (C=O) groups is 1. The van der Waals surface area contributed by atoms with Crippen LogP contribution in [0.5, 0.6) is 0 Å². The lowest BCUT2D eigenvalue weighted by atomic mass is 9.85. The Balaban J connectivity index is 1.76. The van der Waals surface area contributed by atoms with Gasteiger partial charge in [0.2, 0.25) is 0 Å². The van der Waals surface area contributed by atoms with E-state index in [9.17, 15) is 4.79 Å². The third kappa shape index (κ3) is 2.19. The standard InChI is InChI=1S/C17H19NO/c1-3-12-4-6-13(7-5-12)17(19)14-10-15-8-9-16(11-14)18(15)2/h1,4-7,14-16H,8-11H2,2H3. The normalized spacial score (nSPS) is 30.0. The van der Waals surface area contributed by atoms with Gasteiger partial charge in [-0.15, -0.1) is 6.42 Å². The van der Waals surface area contributed by atoms with E-state index in [4.69, 9.17) is 6.42 Å². The minimum Gasteiger partial charge on any atom is -0.300 e. The molecule has 3 rings (SSSR count). The summed E-state index contributed by atoms with van der Waals surface area (Å²) in [7, 11) is 2.20. The Morgan fingerprint density at radius 2 is 1.79 bits per heavy atom. The van der Waals surface area contributed by atoms with Gasteiger partial charge in [-0.05, 0) is 44.9 Å². The first kappa shape index (κ1) is 12.4. The van der Waals surface area contributed by atoms with Crippen LogP contribution in [0, 0.1) is 18.3 Å². The van der Waals surface area contributed by atoms with Gasteiger partial charge in [0.05, 0.1) is 0 Å². The molecule has 1 aromatic rings. The SMILES string of the molecule is C#Cc1ccc(C(=O)C2CC3CCC(C2)N3C)cc1. The summed E-state index contributed by atoms with van der Waals surface area (Å²) in [6.45, 7) is 0. The Morgan fingerprint density at radius 1 is 1.21 bits per heavy atom. The van der Waals surface area contributed by atoms with Crippen LogP contribution in [0.3, 0.4) is 0 Å². The zero-order valence-electron chi connectivity index (χ0n) is 11.3. The Kier molecular flexibility index (Phi) is 3.16. The van der Waals surface area contributed by atoms with Crippen LogP contribution in [0.4, 0.5) is 0 Å². The van der Waals surface area contributed by atoms with Crippen molar-refractivity contribution in [3.8, 4) is 12.3 Å². The first-order chi connectivity index (χ1) is 9.19. The summed E-state index contributed by atoms with van der Waals surface area (Å²) in [5, 5.41) is 0. The van der Waals surface area contributed by atoms with Crippen molar-refractivity contribution >= 4 is 5.78 Å². The summed E-state index contributed by atoms with van der Waals surface area (Å²) in [5.41, 5.74) is 1.65. The fourth-order valence-corrected chi connectivity index (χ4v) is 3.59. The van der Waals surface area contributed by atoms with Gasteiger partial charge in [-0.2, -0.15) is 0 Å². The smallest absolute Gasteiger partial charge is 0.166 e. The fraction of sp³-hybridized carbons (Fsp3) is 0.471. The molecule has 0 aliphatic carbocycles. The van der Waals surface area contributed by atoms with Gasteiger partial charge in [0.25, 0.3) is 0 Å². The van der Waals surface area contributed by atoms with Crippen LogP contribution in [0.2, 0.25) is 0 Å². The second-order valence-corrected chi connectivity index (χ2v) is 5.80. The van der Waals surface area contributed by atoms with Crippen molar-refractivity contribution < 1.29 is 4.79 Å². The van der Waals surface area contributed by atoms with Crippen molar-refractivity contribution in [2.24, 2.45) is 5.92 Å². The summed E-state index contributed by atoms with van der Waals surface area (Å²) < 4.78 is 0. The Hall–Kier alpha value is -1.59.